The number of hydrogen-bond acceptors (Lipinski definition) is 6. The van der Waals surface area contributed by atoms with E-state index in [1.165, 1.54) is 0 Å². The van der Waals surface area contributed by atoms with Crippen LogP contribution in [0.1, 0.15) is 45.5 Å². The fourth-order valence-electron chi connectivity index (χ4n) is 1.40. The molecule has 0 saturated carbocycles. The summed E-state index contributed by atoms with van der Waals surface area (Å²) >= 11 is 0. The van der Waals surface area contributed by atoms with Crippen LogP contribution in [0.15, 0.2) is 16.9 Å². The zero-order valence-corrected chi connectivity index (χ0v) is 11.6. The second-order valence-corrected chi connectivity index (χ2v) is 5.27. The van der Waals surface area contributed by atoms with E-state index in [4.69, 9.17) is 15.0 Å². The number of ether oxygens (including phenoxy) is 1. The normalized spacial score (nSPS) is 12.1. The maximum Gasteiger partial charge on any atom is 0.264 e. The molecule has 2 N–H and O–H groups in total. The lowest BCUT2D eigenvalue weighted by Gasteiger charge is -2.11. The summed E-state index contributed by atoms with van der Waals surface area (Å²) in [5.74, 6) is 1.52. The molecule has 2 aromatic heterocycles. The highest BCUT2D eigenvalue weighted by Gasteiger charge is 2.21. The Labute approximate surface area is 111 Å². The fourth-order valence-corrected chi connectivity index (χ4v) is 1.40. The van der Waals surface area contributed by atoms with Gasteiger partial charge in [-0.2, -0.15) is 10.1 Å². The zero-order chi connectivity index (χ0) is 14.0. The van der Waals surface area contributed by atoms with Gasteiger partial charge in [-0.05, 0) is 27.7 Å². The van der Waals surface area contributed by atoms with E-state index >= 15 is 0 Å². The third-order valence-electron chi connectivity index (χ3n) is 2.51. The minimum Gasteiger partial charge on any atom is -0.480 e. The van der Waals surface area contributed by atoms with Crippen LogP contribution in [-0.4, -0.2) is 19.9 Å². The minimum absolute atomic E-state index is 0.201. The van der Waals surface area contributed by atoms with E-state index < -0.39 is 5.54 Å². The lowest BCUT2D eigenvalue weighted by molar-refractivity contribution is 0.241. The van der Waals surface area contributed by atoms with E-state index in [0.717, 1.165) is 0 Å². The maximum atomic E-state index is 5.87. The second kappa shape index (κ2) is 5.00. The van der Waals surface area contributed by atoms with Gasteiger partial charge in [-0.25, -0.2) is 0 Å². The van der Waals surface area contributed by atoms with E-state index in [0.29, 0.717) is 23.5 Å². The standard InChI is InChI=1S/C12H19N5O2/c1-8(2)17-6-9(5-14-17)18-7-10-15-11(16-19-10)12(3,4)13/h5-6,8H,7,13H2,1-4H3. The van der Waals surface area contributed by atoms with E-state index in [-0.39, 0.29) is 6.61 Å². The Bertz CT molecular complexity index is 538. The van der Waals surface area contributed by atoms with E-state index in [2.05, 4.69) is 15.2 Å². The molecule has 2 aromatic rings. The SMILES string of the molecule is CC(C)n1cc(OCc2nc(C(C)(C)N)no2)cn1. The van der Waals surface area contributed by atoms with E-state index in [1.807, 2.05) is 38.6 Å². The van der Waals surface area contributed by atoms with Gasteiger partial charge in [0.25, 0.3) is 5.89 Å². The van der Waals surface area contributed by atoms with Crippen molar-refractivity contribution < 1.29 is 9.26 Å². The molecule has 0 amide bonds. The summed E-state index contributed by atoms with van der Waals surface area (Å²) in [4.78, 5) is 4.18. The molecule has 19 heavy (non-hydrogen) atoms. The molecule has 2 rings (SSSR count). The van der Waals surface area contributed by atoms with Crippen molar-refractivity contribution in [2.75, 3.05) is 0 Å². The highest BCUT2D eigenvalue weighted by Crippen LogP contribution is 2.16. The molecule has 0 fully saturated rings. The molecule has 0 aromatic carbocycles. The number of hydrogen-bond donors (Lipinski definition) is 1. The smallest absolute Gasteiger partial charge is 0.264 e. The Hall–Kier alpha value is -1.89. The van der Waals surface area contributed by atoms with Crippen molar-refractivity contribution in [1.82, 2.24) is 19.9 Å². The Morgan fingerprint density at radius 2 is 2.21 bits per heavy atom. The van der Waals surface area contributed by atoms with Gasteiger partial charge in [-0.3, -0.25) is 4.68 Å². The first-order valence-electron chi connectivity index (χ1n) is 6.15. The van der Waals surface area contributed by atoms with Crippen LogP contribution in [-0.2, 0) is 12.1 Å². The van der Waals surface area contributed by atoms with Gasteiger partial charge in [0.2, 0.25) is 0 Å². The molecule has 7 nitrogen and oxygen atoms in total. The zero-order valence-electron chi connectivity index (χ0n) is 11.6. The molecule has 7 heteroatoms. The molecule has 0 unspecified atom stereocenters. The first-order chi connectivity index (χ1) is 8.86. The molecule has 0 aliphatic heterocycles. The summed E-state index contributed by atoms with van der Waals surface area (Å²) in [7, 11) is 0. The Balaban J connectivity index is 1.96. The molecule has 0 saturated heterocycles. The average molecular weight is 265 g/mol. The van der Waals surface area contributed by atoms with Gasteiger partial charge < -0.3 is 15.0 Å². The highest BCUT2D eigenvalue weighted by atomic mass is 16.5. The van der Waals surface area contributed by atoms with Crippen LogP contribution in [0, 0.1) is 0 Å². The second-order valence-electron chi connectivity index (χ2n) is 5.27. The summed E-state index contributed by atoms with van der Waals surface area (Å²) in [6.07, 6.45) is 3.49. The maximum absolute atomic E-state index is 5.87. The molecule has 0 radical (unpaired) electrons. The molecular formula is C12H19N5O2. The number of aromatic nitrogens is 4. The number of rotatable bonds is 5. The predicted octanol–water partition coefficient (Wildman–Crippen LogP) is 1.62. The number of nitrogens with zero attached hydrogens (tertiary/aromatic N) is 4. The summed E-state index contributed by atoms with van der Waals surface area (Å²) < 4.78 is 12.4. The summed E-state index contributed by atoms with van der Waals surface area (Å²) in [6.45, 7) is 7.92. The Morgan fingerprint density at radius 3 is 2.74 bits per heavy atom. The van der Waals surface area contributed by atoms with Crippen molar-refractivity contribution in [2.45, 2.75) is 45.9 Å². The van der Waals surface area contributed by atoms with Crippen molar-refractivity contribution >= 4 is 0 Å². The first-order valence-corrected chi connectivity index (χ1v) is 6.15. The number of nitrogens with two attached hydrogens (primary N) is 1. The van der Waals surface area contributed by atoms with Gasteiger partial charge in [-0.1, -0.05) is 5.16 Å². The molecular weight excluding hydrogens is 246 g/mol. The minimum atomic E-state index is -0.621. The van der Waals surface area contributed by atoms with Gasteiger partial charge in [0, 0.05) is 6.04 Å². The molecule has 0 aliphatic carbocycles. The van der Waals surface area contributed by atoms with Crippen LogP contribution in [0.5, 0.6) is 5.75 Å². The van der Waals surface area contributed by atoms with Gasteiger partial charge in [0.15, 0.2) is 18.2 Å². The van der Waals surface area contributed by atoms with Gasteiger partial charge in [0.05, 0.1) is 17.9 Å². The lowest BCUT2D eigenvalue weighted by atomic mass is 10.1. The first kappa shape index (κ1) is 13.5. The summed E-state index contributed by atoms with van der Waals surface area (Å²) in [6, 6.07) is 0.297. The molecule has 2 heterocycles. The van der Waals surface area contributed by atoms with Gasteiger partial charge in [0.1, 0.15) is 0 Å². The van der Waals surface area contributed by atoms with E-state index in [1.54, 1.807) is 6.20 Å². The molecule has 0 bridgehead atoms. The predicted molar refractivity (Wildman–Crippen MR) is 68.5 cm³/mol. The van der Waals surface area contributed by atoms with Gasteiger partial charge in [-0.15, -0.1) is 0 Å². The average Bonchev–Trinajstić information content (AvgIpc) is 2.95. The van der Waals surface area contributed by atoms with Crippen LogP contribution in [0.25, 0.3) is 0 Å². The van der Waals surface area contributed by atoms with Crippen LogP contribution in [0.2, 0.25) is 0 Å². The van der Waals surface area contributed by atoms with Gasteiger partial charge >= 0.3 is 0 Å². The third kappa shape index (κ3) is 3.31. The van der Waals surface area contributed by atoms with Crippen LogP contribution in [0.3, 0.4) is 0 Å². The largest absolute Gasteiger partial charge is 0.480 e. The van der Waals surface area contributed by atoms with Crippen LogP contribution >= 0.6 is 0 Å². The molecule has 104 valence electrons. The monoisotopic (exact) mass is 265 g/mol. The topological polar surface area (TPSA) is 92.0 Å². The van der Waals surface area contributed by atoms with Crippen molar-refractivity contribution in [3.05, 3.63) is 24.1 Å². The molecule has 0 atom stereocenters. The van der Waals surface area contributed by atoms with Crippen molar-refractivity contribution in [2.24, 2.45) is 5.73 Å². The van der Waals surface area contributed by atoms with E-state index in [9.17, 15) is 0 Å². The summed E-state index contributed by atoms with van der Waals surface area (Å²) in [5, 5.41) is 8.00. The quantitative estimate of drug-likeness (QED) is 0.883. The highest BCUT2D eigenvalue weighted by molar-refractivity contribution is 5.12. The fraction of sp³-hybridized carbons (Fsp3) is 0.583. The van der Waals surface area contributed by atoms with Crippen LogP contribution in [0.4, 0.5) is 0 Å². The lowest BCUT2D eigenvalue weighted by Crippen LogP contribution is -2.30. The van der Waals surface area contributed by atoms with Crippen molar-refractivity contribution in [3.63, 3.8) is 0 Å². The Morgan fingerprint density at radius 1 is 1.47 bits per heavy atom. The molecule has 0 aliphatic rings. The third-order valence-corrected chi connectivity index (χ3v) is 2.51. The molecule has 0 spiro atoms. The Kier molecular flexibility index (Phi) is 3.57. The van der Waals surface area contributed by atoms with Crippen molar-refractivity contribution in [3.8, 4) is 5.75 Å². The van der Waals surface area contributed by atoms with Crippen molar-refractivity contribution in [1.29, 1.82) is 0 Å². The summed E-state index contributed by atoms with van der Waals surface area (Å²) in [5.41, 5.74) is 5.25. The van der Waals surface area contributed by atoms with Crippen LogP contribution < -0.4 is 10.5 Å².